The molecule has 1 N–H and O–H groups in total. The van der Waals surface area contributed by atoms with Crippen molar-refractivity contribution in [3.8, 4) is 11.3 Å². The van der Waals surface area contributed by atoms with Gasteiger partial charge < -0.3 is 14.5 Å². The zero-order chi connectivity index (χ0) is 21.4. The molecular weight excluding hydrogens is 398 g/mol. The van der Waals surface area contributed by atoms with Gasteiger partial charge in [-0.25, -0.2) is 4.98 Å². The smallest absolute Gasteiger partial charge is 0.272 e. The minimum atomic E-state index is -0.732. The number of rotatable bonds is 4. The Kier molecular flexibility index (Phi) is 5.77. The molecular formula is C23H26ClN5O. The molecule has 2 atom stereocenters. The zero-order valence-electron chi connectivity index (χ0n) is 17.5. The molecule has 6 nitrogen and oxygen atoms in total. The topological polar surface area (TPSA) is 68.2 Å². The lowest BCUT2D eigenvalue weighted by Gasteiger charge is -2.33. The number of halogens is 1. The Labute approximate surface area is 181 Å². The lowest BCUT2D eigenvalue weighted by molar-refractivity contribution is 0.169. The van der Waals surface area contributed by atoms with Gasteiger partial charge in [-0.1, -0.05) is 37.9 Å². The summed E-state index contributed by atoms with van der Waals surface area (Å²) in [5.41, 5.74) is 2.86. The van der Waals surface area contributed by atoms with Crippen molar-refractivity contribution in [2.45, 2.75) is 58.6 Å². The highest BCUT2D eigenvalue weighted by atomic mass is 35.5. The van der Waals surface area contributed by atoms with E-state index in [0.717, 1.165) is 29.8 Å². The van der Waals surface area contributed by atoms with Crippen molar-refractivity contribution in [2.24, 2.45) is 11.8 Å². The van der Waals surface area contributed by atoms with Gasteiger partial charge >= 0.3 is 0 Å². The number of imidazole rings is 1. The van der Waals surface area contributed by atoms with Crippen molar-refractivity contribution in [2.75, 3.05) is 0 Å². The van der Waals surface area contributed by atoms with E-state index >= 15 is 0 Å². The minimum Gasteiger partial charge on any atom is -0.385 e. The Bertz CT molecular complexity index is 1110. The van der Waals surface area contributed by atoms with Crippen molar-refractivity contribution < 1.29 is 5.11 Å². The molecule has 0 amide bonds. The summed E-state index contributed by atoms with van der Waals surface area (Å²) >= 11 is 6.20. The molecule has 0 saturated heterocycles. The van der Waals surface area contributed by atoms with Crippen molar-refractivity contribution in [3.63, 3.8) is 0 Å². The standard InChI is InChI=1S/C23H26ClN5O/c1-13-5-7-16(8-6-13)14(2)29-22-19(27-23(29)15(3)30)10-20(25-4)28-21(22)17-9-18(24)12-26-11-17/h9-16,30H,5-8H2,1-3H3/t13?,14?,15-,16?/m0/s1. The fourth-order valence-electron chi connectivity index (χ4n) is 4.61. The highest BCUT2D eigenvalue weighted by molar-refractivity contribution is 6.30. The largest absolute Gasteiger partial charge is 0.385 e. The Morgan fingerprint density at radius 2 is 1.90 bits per heavy atom. The fraction of sp³-hybridized carbons (Fsp3) is 0.478. The number of nitrogens with zero attached hydrogens (tertiary/aromatic N) is 5. The summed E-state index contributed by atoms with van der Waals surface area (Å²) in [5, 5.41) is 11.0. The third kappa shape index (κ3) is 3.80. The molecule has 0 radical (unpaired) electrons. The molecule has 30 heavy (non-hydrogen) atoms. The first-order chi connectivity index (χ1) is 14.4. The molecule has 0 bridgehead atoms. The second kappa shape index (κ2) is 8.33. The Morgan fingerprint density at radius 1 is 1.17 bits per heavy atom. The van der Waals surface area contributed by atoms with E-state index in [0.29, 0.717) is 28.0 Å². The molecule has 1 unspecified atom stereocenters. The summed E-state index contributed by atoms with van der Waals surface area (Å²) in [4.78, 5) is 17.1. The molecule has 0 aliphatic heterocycles. The Balaban J connectivity index is 1.96. The molecule has 7 heteroatoms. The van der Waals surface area contributed by atoms with Gasteiger partial charge in [0.2, 0.25) is 0 Å². The quantitative estimate of drug-likeness (QED) is 0.512. The van der Waals surface area contributed by atoms with Crippen LogP contribution in [0, 0.1) is 18.4 Å². The summed E-state index contributed by atoms with van der Waals surface area (Å²) in [6.07, 6.45) is 7.29. The van der Waals surface area contributed by atoms with Gasteiger partial charge in [0.05, 0.1) is 10.5 Å². The van der Waals surface area contributed by atoms with E-state index in [-0.39, 0.29) is 11.9 Å². The van der Waals surface area contributed by atoms with Gasteiger partial charge in [0.25, 0.3) is 5.82 Å². The summed E-state index contributed by atoms with van der Waals surface area (Å²) < 4.78 is 2.14. The van der Waals surface area contributed by atoms with Crippen LogP contribution in [0.1, 0.15) is 64.4 Å². The fourth-order valence-corrected chi connectivity index (χ4v) is 4.79. The van der Waals surface area contributed by atoms with E-state index in [1.165, 1.54) is 12.8 Å². The first-order valence-electron chi connectivity index (χ1n) is 10.5. The third-order valence-corrected chi connectivity index (χ3v) is 6.51. The molecule has 3 aromatic heterocycles. The summed E-state index contributed by atoms with van der Waals surface area (Å²) in [7, 11) is 0. The maximum absolute atomic E-state index is 10.5. The summed E-state index contributed by atoms with van der Waals surface area (Å²) in [6, 6.07) is 3.65. The molecule has 1 saturated carbocycles. The average Bonchev–Trinajstić information content (AvgIpc) is 3.13. The van der Waals surface area contributed by atoms with E-state index in [1.807, 2.05) is 0 Å². The molecule has 3 aromatic rings. The van der Waals surface area contributed by atoms with Crippen LogP contribution in [0.2, 0.25) is 5.02 Å². The number of hydrogen-bond acceptors (Lipinski definition) is 4. The molecule has 0 aromatic carbocycles. The predicted molar refractivity (Wildman–Crippen MR) is 118 cm³/mol. The first-order valence-corrected chi connectivity index (χ1v) is 10.9. The number of hydrogen-bond donors (Lipinski definition) is 1. The molecule has 3 heterocycles. The maximum Gasteiger partial charge on any atom is 0.272 e. The van der Waals surface area contributed by atoms with Gasteiger partial charge in [-0.2, -0.15) is 0 Å². The molecule has 0 spiro atoms. The molecule has 4 rings (SSSR count). The van der Waals surface area contributed by atoms with E-state index < -0.39 is 6.10 Å². The number of pyridine rings is 2. The van der Waals surface area contributed by atoms with E-state index in [2.05, 4.69) is 33.2 Å². The Hall–Kier alpha value is -2.49. The van der Waals surface area contributed by atoms with Crippen molar-refractivity contribution >= 4 is 28.5 Å². The monoisotopic (exact) mass is 423 g/mol. The summed E-state index contributed by atoms with van der Waals surface area (Å²) in [6.45, 7) is 13.7. The van der Waals surface area contributed by atoms with E-state index in [9.17, 15) is 5.11 Å². The van der Waals surface area contributed by atoms with Crippen LogP contribution in [0.3, 0.4) is 0 Å². The molecule has 156 valence electrons. The van der Waals surface area contributed by atoms with Crippen molar-refractivity contribution in [1.82, 2.24) is 19.5 Å². The van der Waals surface area contributed by atoms with E-state index in [1.54, 1.807) is 31.5 Å². The van der Waals surface area contributed by atoms with Crippen LogP contribution in [-0.4, -0.2) is 24.6 Å². The maximum atomic E-state index is 10.5. The molecule has 1 aliphatic carbocycles. The van der Waals surface area contributed by atoms with Crippen LogP contribution >= 0.6 is 11.6 Å². The van der Waals surface area contributed by atoms with Gasteiger partial charge in [0.1, 0.15) is 17.4 Å². The highest BCUT2D eigenvalue weighted by Gasteiger charge is 2.30. The number of fused-ring (bicyclic) bond motifs is 1. The molecule has 1 fully saturated rings. The van der Waals surface area contributed by atoms with Gasteiger partial charge in [-0.15, -0.1) is 4.98 Å². The van der Waals surface area contributed by atoms with Gasteiger partial charge in [-0.3, -0.25) is 4.98 Å². The van der Waals surface area contributed by atoms with Crippen LogP contribution in [-0.2, 0) is 0 Å². The number of aliphatic hydroxyl groups is 1. The lowest BCUT2D eigenvalue weighted by atomic mass is 9.79. The van der Waals surface area contributed by atoms with Gasteiger partial charge in [0, 0.05) is 24.0 Å². The van der Waals surface area contributed by atoms with Crippen LogP contribution in [0.15, 0.2) is 24.5 Å². The van der Waals surface area contributed by atoms with Gasteiger partial charge in [-0.05, 0) is 50.7 Å². The van der Waals surface area contributed by atoms with E-state index in [4.69, 9.17) is 23.2 Å². The minimum absolute atomic E-state index is 0.151. The average molecular weight is 424 g/mol. The first kappa shape index (κ1) is 20.8. The Morgan fingerprint density at radius 3 is 2.53 bits per heavy atom. The van der Waals surface area contributed by atoms with Gasteiger partial charge in [0.15, 0.2) is 5.69 Å². The van der Waals surface area contributed by atoms with Crippen LogP contribution in [0.4, 0.5) is 5.82 Å². The highest BCUT2D eigenvalue weighted by Crippen LogP contribution is 2.41. The SMILES string of the molecule is [C-]#[N+]c1cc2nc([C@H](C)O)n(C(C)C3CCC(C)CC3)c2c(-c2cncc(Cl)c2)n1. The van der Waals surface area contributed by atoms with Crippen molar-refractivity contribution in [3.05, 3.63) is 46.8 Å². The van der Waals surface area contributed by atoms with Crippen LogP contribution in [0.25, 0.3) is 27.1 Å². The lowest BCUT2D eigenvalue weighted by Crippen LogP contribution is -2.24. The number of aliphatic hydroxyl groups excluding tert-OH is 1. The molecule has 1 aliphatic rings. The normalized spacial score (nSPS) is 21.3. The number of aromatic nitrogens is 4. The second-order valence-electron chi connectivity index (χ2n) is 8.48. The summed E-state index contributed by atoms with van der Waals surface area (Å²) in [5.74, 6) is 2.14. The van der Waals surface area contributed by atoms with Crippen LogP contribution in [0.5, 0.6) is 0 Å². The third-order valence-electron chi connectivity index (χ3n) is 6.30. The van der Waals surface area contributed by atoms with Crippen molar-refractivity contribution in [1.29, 1.82) is 0 Å². The predicted octanol–water partition coefficient (Wildman–Crippen LogP) is 6.14. The van der Waals surface area contributed by atoms with Crippen LogP contribution < -0.4 is 0 Å². The zero-order valence-corrected chi connectivity index (χ0v) is 18.3. The second-order valence-corrected chi connectivity index (χ2v) is 8.91.